The highest BCUT2D eigenvalue weighted by molar-refractivity contribution is 5.95. The van der Waals surface area contributed by atoms with E-state index in [1.807, 2.05) is 16.8 Å². The lowest BCUT2D eigenvalue weighted by atomic mass is 9.90. The molecule has 2 aliphatic rings. The van der Waals surface area contributed by atoms with E-state index in [4.69, 9.17) is 4.74 Å². The molecule has 5 heterocycles. The lowest BCUT2D eigenvalue weighted by Gasteiger charge is -2.38. The first kappa shape index (κ1) is 26.1. The van der Waals surface area contributed by atoms with Gasteiger partial charge in [-0.3, -0.25) is 14.2 Å². The molecule has 1 fully saturated rings. The van der Waals surface area contributed by atoms with Crippen molar-refractivity contribution in [3.05, 3.63) is 89.0 Å². The van der Waals surface area contributed by atoms with Crippen molar-refractivity contribution in [2.45, 2.75) is 38.0 Å². The van der Waals surface area contributed by atoms with Gasteiger partial charge in [0.2, 0.25) is 5.88 Å². The lowest BCUT2D eigenvalue weighted by molar-refractivity contribution is -0.0299. The van der Waals surface area contributed by atoms with Crippen molar-refractivity contribution in [3.63, 3.8) is 0 Å². The number of hydrogen-bond acceptors (Lipinski definition) is 7. The standard InChI is InChI=1S/C30H28FN7O4/c31-22-6-8-23(9-7-22)38-26-25(17-34-38)28(40)36(19-32-26)18-30(41)10-13-35(14-11-30)27(39)21-4-2-20(3-5-21)24-16-33-37-12-1-15-42-29(24)37/h2-9,16-17,19,41H,1,10-15,18H2. The topological polar surface area (TPSA) is 120 Å². The smallest absolute Gasteiger partial charge is 0.264 e. The molecule has 0 unspecified atom stereocenters. The Kier molecular flexibility index (Phi) is 6.34. The van der Waals surface area contributed by atoms with E-state index in [0.29, 0.717) is 54.8 Å². The van der Waals surface area contributed by atoms with Gasteiger partial charge in [0.15, 0.2) is 5.65 Å². The number of halogens is 1. The van der Waals surface area contributed by atoms with Crippen molar-refractivity contribution in [3.8, 4) is 22.7 Å². The number of amides is 1. The summed E-state index contributed by atoms with van der Waals surface area (Å²) in [6.07, 6.45) is 6.17. The number of ether oxygens (including phenoxy) is 1. The van der Waals surface area contributed by atoms with Gasteiger partial charge in [-0.2, -0.15) is 10.2 Å². The highest BCUT2D eigenvalue weighted by Crippen LogP contribution is 2.32. The first-order valence-corrected chi connectivity index (χ1v) is 13.9. The molecule has 0 bridgehead atoms. The molecule has 0 atom stereocenters. The van der Waals surface area contributed by atoms with Crippen LogP contribution < -0.4 is 10.3 Å². The van der Waals surface area contributed by atoms with Gasteiger partial charge in [0.25, 0.3) is 11.5 Å². The van der Waals surface area contributed by atoms with Crippen molar-refractivity contribution in [2.24, 2.45) is 0 Å². The largest absolute Gasteiger partial charge is 0.477 e. The normalized spacial score (nSPS) is 16.3. The Morgan fingerprint density at radius 1 is 1.00 bits per heavy atom. The molecule has 7 rings (SSSR count). The number of piperidine rings is 1. The Bertz CT molecular complexity index is 1830. The molecule has 1 N–H and O–H groups in total. The van der Waals surface area contributed by atoms with Crippen LogP contribution in [0, 0.1) is 5.82 Å². The van der Waals surface area contributed by atoms with Crippen LogP contribution in [0.25, 0.3) is 27.8 Å². The van der Waals surface area contributed by atoms with E-state index in [1.54, 1.807) is 35.4 Å². The number of rotatable bonds is 5. The number of carbonyl (C=O) groups is 1. The molecule has 11 nitrogen and oxygen atoms in total. The van der Waals surface area contributed by atoms with Crippen molar-refractivity contribution in [1.29, 1.82) is 0 Å². The maximum atomic E-state index is 13.3. The Morgan fingerprint density at radius 3 is 2.52 bits per heavy atom. The summed E-state index contributed by atoms with van der Waals surface area (Å²) in [5, 5.41) is 20.3. The van der Waals surface area contributed by atoms with E-state index in [9.17, 15) is 19.1 Å². The average Bonchev–Trinajstić information content (AvgIpc) is 3.64. The minimum absolute atomic E-state index is 0.0469. The third kappa shape index (κ3) is 4.63. The summed E-state index contributed by atoms with van der Waals surface area (Å²) in [7, 11) is 0. The van der Waals surface area contributed by atoms with Gasteiger partial charge >= 0.3 is 0 Å². The number of aliphatic hydroxyl groups is 1. The molecule has 3 aromatic heterocycles. The van der Waals surface area contributed by atoms with Crippen molar-refractivity contribution in [1.82, 2.24) is 34.0 Å². The van der Waals surface area contributed by atoms with Gasteiger partial charge in [-0.15, -0.1) is 0 Å². The predicted octanol–water partition coefficient (Wildman–Crippen LogP) is 3.03. The quantitative estimate of drug-likeness (QED) is 0.346. The molecule has 1 amide bonds. The van der Waals surface area contributed by atoms with Gasteiger partial charge in [-0.25, -0.2) is 18.7 Å². The summed E-state index contributed by atoms with van der Waals surface area (Å²) in [6, 6.07) is 13.2. The van der Waals surface area contributed by atoms with Gasteiger partial charge in [0, 0.05) is 31.6 Å². The van der Waals surface area contributed by atoms with Gasteiger partial charge in [0.05, 0.1) is 42.4 Å². The Hall–Kier alpha value is -4.84. The van der Waals surface area contributed by atoms with Gasteiger partial charge in [0.1, 0.15) is 17.5 Å². The molecule has 0 spiro atoms. The van der Waals surface area contributed by atoms with Crippen LogP contribution in [0.5, 0.6) is 5.88 Å². The molecule has 0 radical (unpaired) electrons. The summed E-state index contributed by atoms with van der Waals surface area (Å²) >= 11 is 0. The Morgan fingerprint density at radius 2 is 1.76 bits per heavy atom. The molecule has 2 aromatic carbocycles. The van der Waals surface area contributed by atoms with Crippen LogP contribution >= 0.6 is 0 Å². The molecule has 0 saturated carbocycles. The number of nitrogens with zero attached hydrogens (tertiary/aromatic N) is 7. The lowest BCUT2D eigenvalue weighted by Crippen LogP contribution is -2.49. The molecule has 12 heteroatoms. The van der Waals surface area contributed by atoms with Crippen molar-refractivity contribution < 1.29 is 19.0 Å². The zero-order valence-corrected chi connectivity index (χ0v) is 22.7. The predicted molar refractivity (Wildman–Crippen MR) is 151 cm³/mol. The van der Waals surface area contributed by atoms with Gasteiger partial charge in [-0.05, 0) is 54.8 Å². The Labute approximate surface area is 239 Å². The number of aryl methyl sites for hydroxylation is 1. The van der Waals surface area contributed by atoms with E-state index in [2.05, 4.69) is 15.2 Å². The van der Waals surface area contributed by atoms with Gasteiger partial charge in [-0.1, -0.05) is 12.1 Å². The zero-order valence-electron chi connectivity index (χ0n) is 22.7. The number of carbonyl (C=O) groups excluding carboxylic acids is 1. The number of benzene rings is 2. The van der Waals surface area contributed by atoms with E-state index < -0.39 is 5.60 Å². The maximum absolute atomic E-state index is 13.3. The second-order valence-electron chi connectivity index (χ2n) is 10.8. The summed E-state index contributed by atoms with van der Waals surface area (Å²) in [6.45, 7) is 2.25. The van der Waals surface area contributed by atoms with E-state index >= 15 is 0 Å². The monoisotopic (exact) mass is 569 g/mol. The van der Waals surface area contributed by atoms with Crippen LogP contribution in [-0.2, 0) is 13.1 Å². The number of aromatic nitrogens is 6. The van der Waals surface area contributed by atoms with Crippen LogP contribution in [0.2, 0.25) is 0 Å². The summed E-state index contributed by atoms with van der Waals surface area (Å²) in [4.78, 5) is 32.6. The molecular formula is C30H28FN7O4. The summed E-state index contributed by atoms with van der Waals surface area (Å²) in [5.41, 5.74) is 1.83. The highest BCUT2D eigenvalue weighted by atomic mass is 19.1. The Balaban J connectivity index is 1.02. The fourth-order valence-corrected chi connectivity index (χ4v) is 5.68. The number of hydrogen-bond donors (Lipinski definition) is 1. The molecular weight excluding hydrogens is 541 g/mol. The fraction of sp³-hybridized carbons (Fsp3) is 0.300. The SMILES string of the molecule is O=C(c1ccc(-c2cnn3c2OCCC3)cc1)N1CCC(O)(Cn2cnc3c(cnn3-c3ccc(F)cc3)c2=O)CC1. The number of likely N-dealkylation sites (tertiary alicyclic amines) is 1. The van der Waals surface area contributed by atoms with Crippen LogP contribution in [0.3, 0.4) is 0 Å². The maximum Gasteiger partial charge on any atom is 0.264 e. The van der Waals surface area contributed by atoms with Crippen LogP contribution in [0.4, 0.5) is 4.39 Å². The molecule has 42 heavy (non-hydrogen) atoms. The third-order valence-corrected chi connectivity index (χ3v) is 8.06. The van der Waals surface area contributed by atoms with Gasteiger partial charge < -0.3 is 14.7 Å². The number of fused-ring (bicyclic) bond motifs is 2. The second-order valence-corrected chi connectivity index (χ2v) is 10.8. The molecule has 5 aromatic rings. The molecule has 1 saturated heterocycles. The van der Waals surface area contributed by atoms with Crippen molar-refractivity contribution in [2.75, 3.05) is 19.7 Å². The van der Waals surface area contributed by atoms with E-state index in [0.717, 1.165) is 30.0 Å². The summed E-state index contributed by atoms with van der Waals surface area (Å²) < 4.78 is 23.8. The summed E-state index contributed by atoms with van der Waals surface area (Å²) in [5.74, 6) is 0.278. The zero-order chi connectivity index (χ0) is 28.8. The third-order valence-electron chi connectivity index (χ3n) is 8.06. The molecule has 0 aliphatic carbocycles. The molecule has 214 valence electrons. The van der Waals surface area contributed by atoms with Crippen LogP contribution in [-0.4, -0.2) is 70.3 Å². The second kappa shape index (κ2) is 10.2. The van der Waals surface area contributed by atoms with Crippen molar-refractivity contribution >= 4 is 16.9 Å². The fourth-order valence-electron chi connectivity index (χ4n) is 5.68. The minimum atomic E-state index is -1.17. The minimum Gasteiger partial charge on any atom is -0.477 e. The molecule has 2 aliphatic heterocycles. The first-order valence-electron chi connectivity index (χ1n) is 13.9. The van der Waals surface area contributed by atoms with E-state index in [1.165, 1.54) is 33.9 Å². The van der Waals surface area contributed by atoms with Crippen LogP contribution in [0.15, 0.2) is 72.0 Å². The van der Waals surface area contributed by atoms with E-state index in [-0.39, 0.29) is 23.8 Å². The first-order chi connectivity index (χ1) is 20.4. The van der Waals surface area contributed by atoms with Crippen LogP contribution in [0.1, 0.15) is 29.6 Å². The highest BCUT2D eigenvalue weighted by Gasteiger charge is 2.35. The average molecular weight is 570 g/mol.